The van der Waals surface area contributed by atoms with Crippen molar-refractivity contribution < 1.29 is 9.15 Å². The van der Waals surface area contributed by atoms with Gasteiger partial charge >= 0.3 is 0 Å². The highest BCUT2D eigenvalue weighted by molar-refractivity contribution is 5.62. The minimum atomic E-state index is 0.216. The third kappa shape index (κ3) is 2.63. The van der Waals surface area contributed by atoms with E-state index in [1.807, 2.05) is 31.3 Å². The highest BCUT2D eigenvalue weighted by Gasteiger charge is 2.12. The Morgan fingerprint density at radius 1 is 1.22 bits per heavy atom. The van der Waals surface area contributed by atoms with Crippen LogP contribution in [0.1, 0.15) is 24.3 Å². The van der Waals surface area contributed by atoms with Gasteiger partial charge in [-0.2, -0.15) is 0 Å². The molecule has 1 atom stereocenters. The molecule has 2 rings (SSSR count). The van der Waals surface area contributed by atoms with Crippen LogP contribution in [0.3, 0.4) is 0 Å². The summed E-state index contributed by atoms with van der Waals surface area (Å²) in [4.78, 5) is 0. The largest absolute Gasteiger partial charge is 0.459 e. The summed E-state index contributed by atoms with van der Waals surface area (Å²) < 4.78 is 11.1. The van der Waals surface area contributed by atoms with Gasteiger partial charge in [0, 0.05) is 12.7 Å². The quantitative estimate of drug-likeness (QED) is 0.877. The standard InChI is InChI=1S/C15H19NO2/c1-11(16-2)14-8-9-15(18-14)13-7-5-4-6-12(13)10-17-3/h4-9,11,16H,10H2,1-3H3. The van der Waals surface area contributed by atoms with Crippen molar-refractivity contribution in [3.05, 3.63) is 47.7 Å². The molecule has 3 heteroatoms. The fourth-order valence-electron chi connectivity index (χ4n) is 1.91. The lowest BCUT2D eigenvalue weighted by Gasteiger charge is -2.08. The van der Waals surface area contributed by atoms with Crippen LogP contribution < -0.4 is 5.32 Å². The molecular weight excluding hydrogens is 226 g/mol. The number of hydrogen-bond donors (Lipinski definition) is 1. The van der Waals surface area contributed by atoms with Gasteiger partial charge in [-0.1, -0.05) is 24.3 Å². The Morgan fingerprint density at radius 2 is 2.00 bits per heavy atom. The van der Waals surface area contributed by atoms with Crippen molar-refractivity contribution in [3.8, 4) is 11.3 Å². The average Bonchev–Trinajstić information content (AvgIpc) is 2.88. The fourth-order valence-corrected chi connectivity index (χ4v) is 1.91. The normalized spacial score (nSPS) is 12.6. The molecule has 96 valence electrons. The van der Waals surface area contributed by atoms with E-state index < -0.39 is 0 Å². The number of furan rings is 1. The lowest BCUT2D eigenvalue weighted by atomic mass is 10.1. The maximum atomic E-state index is 5.89. The molecule has 3 nitrogen and oxygen atoms in total. The maximum absolute atomic E-state index is 5.89. The number of hydrogen-bond acceptors (Lipinski definition) is 3. The van der Waals surface area contributed by atoms with E-state index in [-0.39, 0.29) is 6.04 Å². The molecule has 0 aliphatic carbocycles. The second kappa shape index (κ2) is 5.85. The molecule has 0 spiro atoms. The summed E-state index contributed by atoms with van der Waals surface area (Å²) in [7, 11) is 3.62. The number of methoxy groups -OCH3 is 1. The van der Waals surface area contributed by atoms with Gasteiger partial charge in [0.05, 0.1) is 12.6 Å². The van der Waals surface area contributed by atoms with Crippen molar-refractivity contribution in [2.45, 2.75) is 19.6 Å². The van der Waals surface area contributed by atoms with Crippen molar-refractivity contribution in [2.75, 3.05) is 14.2 Å². The second-order valence-electron chi connectivity index (χ2n) is 4.30. The fraction of sp³-hybridized carbons (Fsp3) is 0.333. The van der Waals surface area contributed by atoms with Crippen molar-refractivity contribution in [3.63, 3.8) is 0 Å². The molecule has 0 fully saturated rings. The van der Waals surface area contributed by atoms with E-state index in [2.05, 4.69) is 24.4 Å². The van der Waals surface area contributed by atoms with Crippen molar-refractivity contribution in [2.24, 2.45) is 0 Å². The molecule has 18 heavy (non-hydrogen) atoms. The smallest absolute Gasteiger partial charge is 0.134 e. The number of rotatable bonds is 5. The molecule has 0 bridgehead atoms. The van der Waals surface area contributed by atoms with Gasteiger partial charge < -0.3 is 14.5 Å². The first-order valence-electron chi connectivity index (χ1n) is 6.10. The third-order valence-corrected chi connectivity index (χ3v) is 3.07. The summed E-state index contributed by atoms with van der Waals surface area (Å²) in [6, 6.07) is 12.4. The zero-order valence-electron chi connectivity index (χ0n) is 11.1. The van der Waals surface area contributed by atoms with Crippen LogP contribution in [-0.2, 0) is 11.3 Å². The lowest BCUT2D eigenvalue weighted by Crippen LogP contribution is -2.11. The Hall–Kier alpha value is -1.58. The molecule has 1 aromatic carbocycles. The average molecular weight is 245 g/mol. The monoisotopic (exact) mass is 245 g/mol. The Balaban J connectivity index is 2.33. The van der Waals surface area contributed by atoms with Crippen LogP contribution in [0.25, 0.3) is 11.3 Å². The molecule has 1 aromatic heterocycles. The Labute approximate surface area is 108 Å². The predicted octanol–water partition coefficient (Wildman–Crippen LogP) is 3.37. The van der Waals surface area contributed by atoms with E-state index in [0.29, 0.717) is 6.61 Å². The molecule has 0 saturated carbocycles. The van der Waals surface area contributed by atoms with E-state index in [0.717, 1.165) is 22.6 Å². The first kappa shape index (κ1) is 12.9. The first-order valence-corrected chi connectivity index (χ1v) is 6.10. The summed E-state index contributed by atoms with van der Waals surface area (Å²) in [6.07, 6.45) is 0. The van der Waals surface area contributed by atoms with Crippen LogP contribution in [0, 0.1) is 0 Å². The molecule has 1 N–H and O–H groups in total. The molecule has 0 aliphatic heterocycles. The number of benzene rings is 1. The van der Waals surface area contributed by atoms with Gasteiger partial charge in [0.25, 0.3) is 0 Å². The zero-order chi connectivity index (χ0) is 13.0. The van der Waals surface area contributed by atoms with E-state index in [4.69, 9.17) is 9.15 Å². The minimum absolute atomic E-state index is 0.216. The number of nitrogens with one attached hydrogen (secondary N) is 1. The van der Waals surface area contributed by atoms with Gasteiger partial charge in [-0.15, -0.1) is 0 Å². The topological polar surface area (TPSA) is 34.4 Å². The second-order valence-corrected chi connectivity index (χ2v) is 4.30. The summed E-state index contributed by atoms with van der Waals surface area (Å²) in [5.74, 6) is 1.83. The maximum Gasteiger partial charge on any atom is 0.134 e. The lowest BCUT2D eigenvalue weighted by molar-refractivity contribution is 0.185. The van der Waals surface area contributed by atoms with Crippen LogP contribution >= 0.6 is 0 Å². The van der Waals surface area contributed by atoms with Crippen LogP contribution in [-0.4, -0.2) is 14.2 Å². The molecule has 0 saturated heterocycles. The summed E-state index contributed by atoms with van der Waals surface area (Å²) in [5.41, 5.74) is 2.23. The van der Waals surface area contributed by atoms with Gasteiger partial charge in [-0.05, 0) is 31.7 Å². The molecule has 0 aliphatic rings. The summed E-state index contributed by atoms with van der Waals surface area (Å²) in [6.45, 7) is 2.66. The van der Waals surface area contributed by atoms with Gasteiger partial charge in [0.2, 0.25) is 0 Å². The molecule has 2 aromatic rings. The highest BCUT2D eigenvalue weighted by atomic mass is 16.5. The minimum Gasteiger partial charge on any atom is -0.459 e. The van der Waals surface area contributed by atoms with Crippen LogP contribution in [0.5, 0.6) is 0 Å². The van der Waals surface area contributed by atoms with Gasteiger partial charge in [-0.25, -0.2) is 0 Å². The van der Waals surface area contributed by atoms with Crippen LogP contribution in [0.2, 0.25) is 0 Å². The number of ether oxygens (including phenoxy) is 1. The van der Waals surface area contributed by atoms with Gasteiger partial charge in [-0.3, -0.25) is 0 Å². The van der Waals surface area contributed by atoms with E-state index in [1.54, 1.807) is 7.11 Å². The van der Waals surface area contributed by atoms with Crippen LogP contribution in [0.15, 0.2) is 40.8 Å². The van der Waals surface area contributed by atoms with Crippen molar-refractivity contribution in [1.82, 2.24) is 5.32 Å². The molecule has 0 amide bonds. The van der Waals surface area contributed by atoms with Crippen LogP contribution in [0.4, 0.5) is 0 Å². The van der Waals surface area contributed by atoms with Crippen molar-refractivity contribution in [1.29, 1.82) is 0 Å². The Morgan fingerprint density at radius 3 is 2.72 bits per heavy atom. The van der Waals surface area contributed by atoms with E-state index in [9.17, 15) is 0 Å². The van der Waals surface area contributed by atoms with Gasteiger partial charge in [0.15, 0.2) is 0 Å². The third-order valence-electron chi connectivity index (χ3n) is 3.07. The summed E-state index contributed by atoms with van der Waals surface area (Å²) in [5, 5.41) is 3.17. The van der Waals surface area contributed by atoms with Crippen molar-refractivity contribution >= 4 is 0 Å². The predicted molar refractivity (Wildman–Crippen MR) is 72.3 cm³/mol. The van der Waals surface area contributed by atoms with Gasteiger partial charge in [0.1, 0.15) is 11.5 Å². The first-order chi connectivity index (χ1) is 8.76. The highest BCUT2D eigenvalue weighted by Crippen LogP contribution is 2.28. The molecular formula is C15H19NO2. The van der Waals surface area contributed by atoms with E-state index in [1.165, 1.54) is 0 Å². The SMILES string of the molecule is CNC(C)c1ccc(-c2ccccc2COC)o1. The zero-order valence-corrected chi connectivity index (χ0v) is 11.1. The summed E-state index contributed by atoms with van der Waals surface area (Å²) >= 11 is 0. The van der Waals surface area contributed by atoms with E-state index >= 15 is 0 Å². The Kier molecular flexibility index (Phi) is 4.18. The molecule has 0 radical (unpaired) electrons. The molecule has 1 unspecified atom stereocenters. The molecule has 1 heterocycles. The Bertz CT molecular complexity index is 505.